The van der Waals surface area contributed by atoms with Crippen molar-refractivity contribution in [2.45, 2.75) is 52.1 Å². The van der Waals surface area contributed by atoms with Gasteiger partial charge in [0.25, 0.3) is 0 Å². The molecule has 0 amide bonds. The molecule has 1 unspecified atom stereocenters. The smallest absolute Gasteiger partial charge is 0.0452 e. The van der Waals surface area contributed by atoms with E-state index >= 15 is 0 Å². The van der Waals surface area contributed by atoms with Gasteiger partial charge < -0.3 is 10.2 Å². The first-order valence-corrected chi connectivity index (χ1v) is 7.48. The van der Waals surface area contributed by atoms with E-state index in [0.717, 1.165) is 12.6 Å². The Bertz CT molecular complexity index is 412. The molecule has 1 aromatic carbocycles. The van der Waals surface area contributed by atoms with Gasteiger partial charge in [-0.3, -0.25) is 0 Å². The van der Waals surface area contributed by atoms with Gasteiger partial charge >= 0.3 is 0 Å². The predicted octanol–water partition coefficient (Wildman–Crippen LogP) is 3.36. The highest BCUT2D eigenvalue weighted by Gasteiger charge is 2.25. The molecule has 0 aromatic heterocycles. The van der Waals surface area contributed by atoms with Crippen molar-refractivity contribution in [2.24, 2.45) is 0 Å². The Hall–Kier alpha value is -0.860. The predicted molar refractivity (Wildman–Crippen MR) is 82.7 cm³/mol. The van der Waals surface area contributed by atoms with E-state index in [-0.39, 0.29) is 0 Å². The highest BCUT2D eigenvalue weighted by molar-refractivity contribution is 5.39. The summed E-state index contributed by atoms with van der Waals surface area (Å²) in [6.45, 7) is 7.76. The molecule has 1 N–H and O–H groups in total. The first kappa shape index (κ1) is 14.5. The molecule has 1 aliphatic carbocycles. The summed E-state index contributed by atoms with van der Waals surface area (Å²) in [5, 5.41) is 3.51. The van der Waals surface area contributed by atoms with Crippen LogP contribution in [0.15, 0.2) is 12.1 Å². The molecule has 106 valence electrons. The molecular weight excluding hydrogens is 232 g/mol. The van der Waals surface area contributed by atoms with Crippen molar-refractivity contribution in [2.75, 3.05) is 20.6 Å². The molecular formula is C17H28N2. The van der Waals surface area contributed by atoms with Gasteiger partial charge in [-0.2, -0.15) is 0 Å². The molecule has 1 fully saturated rings. The van der Waals surface area contributed by atoms with E-state index < -0.39 is 0 Å². The number of nitrogens with one attached hydrogen (secondary N) is 1. The fraction of sp³-hybridized carbons (Fsp3) is 0.647. The van der Waals surface area contributed by atoms with Gasteiger partial charge in [0.15, 0.2) is 0 Å². The van der Waals surface area contributed by atoms with Crippen LogP contribution in [-0.4, -0.2) is 31.6 Å². The van der Waals surface area contributed by atoms with Gasteiger partial charge in [0.1, 0.15) is 0 Å². The van der Waals surface area contributed by atoms with E-state index in [2.05, 4.69) is 57.2 Å². The largest absolute Gasteiger partial charge is 0.312 e. The lowest BCUT2D eigenvalue weighted by atomic mass is 9.90. The van der Waals surface area contributed by atoms with E-state index in [1.54, 1.807) is 0 Å². The molecule has 0 radical (unpaired) electrons. The van der Waals surface area contributed by atoms with Gasteiger partial charge in [0.2, 0.25) is 0 Å². The van der Waals surface area contributed by atoms with Crippen molar-refractivity contribution in [3.8, 4) is 0 Å². The molecule has 0 heterocycles. The van der Waals surface area contributed by atoms with Crippen LogP contribution in [0.25, 0.3) is 0 Å². The molecule has 2 nitrogen and oxygen atoms in total. The highest BCUT2D eigenvalue weighted by Crippen LogP contribution is 2.28. The Balaban J connectivity index is 2.16. The summed E-state index contributed by atoms with van der Waals surface area (Å²) in [7, 11) is 4.35. The average molecular weight is 260 g/mol. The zero-order valence-electron chi connectivity index (χ0n) is 13.1. The quantitative estimate of drug-likeness (QED) is 0.873. The van der Waals surface area contributed by atoms with Crippen LogP contribution in [0.1, 0.15) is 47.6 Å². The number of benzene rings is 1. The van der Waals surface area contributed by atoms with Gasteiger partial charge in [-0.25, -0.2) is 0 Å². The maximum Gasteiger partial charge on any atom is 0.0452 e. The fourth-order valence-corrected chi connectivity index (χ4v) is 3.33. The van der Waals surface area contributed by atoms with Crippen LogP contribution in [0.4, 0.5) is 0 Å². The van der Waals surface area contributed by atoms with Crippen LogP contribution < -0.4 is 5.32 Å². The first-order chi connectivity index (χ1) is 9.02. The number of hydrogen-bond donors (Lipinski definition) is 1. The molecule has 1 aromatic rings. The summed E-state index contributed by atoms with van der Waals surface area (Å²) < 4.78 is 0. The van der Waals surface area contributed by atoms with E-state index in [1.165, 1.54) is 41.5 Å². The van der Waals surface area contributed by atoms with Crippen molar-refractivity contribution >= 4 is 0 Å². The van der Waals surface area contributed by atoms with Crippen LogP contribution in [0.5, 0.6) is 0 Å². The summed E-state index contributed by atoms with van der Waals surface area (Å²) in [4.78, 5) is 2.53. The summed E-state index contributed by atoms with van der Waals surface area (Å²) >= 11 is 0. The maximum absolute atomic E-state index is 3.51. The summed E-state index contributed by atoms with van der Waals surface area (Å²) in [6, 6.07) is 5.85. The van der Waals surface area contributed by atoms with Crippen LogP contribution in [0, 0.1) is 20.8 Å². The molecule has 0 aliphatic heterocycles. The first-order valence-electron chi connectivity index (χ1n) is 7.48. The van der Waals surface area contributed by atoms with Crippen molar-refractivity contribution in [3.05, 3.63) is 34.4 Å². The summed E-state index contributed by atoms with van der Waals surface area (Å²) in [5.74, 6) is 0. The Morgan fingerprint density at radius 2 is 1.79 bits per heavy atom. The number of aryl methyl sites for hydroxylation is 3. The number of likely N-dealkylation sites (N-methyl/N-ethyl adjacent to an activating group) is 2. The van der Waals surface area contributed by atoms with Gasteiger partial charge in [0, 0.05) is 18.6 Å². The monoisotopic (exact) mass is 260 g/mol. The Morgan fingerprint density at radius 3 is 2.21 bits per heavy atom. The number of hydrogen-bond acceptors (Lipinski definition) is 2. The second kappa shape index (κ2) is 6.06. The number of nitrogens with zero attached hydrogens (tertiary/aromatic N) is 1. The normalized spacial score (nSPS) is 17.6. The third-order valence-electron chi connectivity index (χ3n) is 4.60. The lowest BCUT2D eigenvalue weighted by Gasteiger charge is -2.37. The SMILES string of the molecule is CNC(CN(C)C1CCC1)c1c(C)cc(C)cc1C. The Labute approximate surface area is 118 Å². The second-order valence-electron chi connectivity index (χ2n) is 6.18. The molecule has 1 atom stereocenters. The fourth-order valence-electron chi connectivity index (χ4n) is 3.33. The summed E-state index contributed by atoms with van der Waals surface area (Å²) in [5.41, 5.74) is 5.68. The Morgan fingerprint density at radius 1 is 1.21 bits per heavy atom. The minimum Gasteiger partial charge on any atom is -0.312 e. The van der Waals surface area contributed by atoms with Crippen LogP contribution in [-0.2, 0) is 0 Å². The standard InChI is InChI=1S/C17H28N2/c1-12-9-13(2)17(14(3)10-12)16(18-4)11-19(5)15-7-6-8-15/h9-10,15-16,18H,6-8,11H2,1-5H3. The minimum atomic E-state index is 0.436. The second-order valence-corrected chi connectivity index (χ2v) is 6.18. The van der Waals surface area contributed by atoms with Crippen molar-refractivity contribution in [1.82, 2.24) is 10.2 Å². The molecule has 0 saturated heterocycles. The van der Waals surface area contributed by atoms with Crippen molar-refractivity contribution in [3.63, 3.8) is 0 Å². The number of rotatable bonds is 5. The topological polar surface area (TPSA) is 15.3 Å². The van der Waals surface area contributed by atoms with E-state index in [1.807, 2.05) is 0 Å². The van der Waals surface area contributed by atoms with Crippen LogP contribution >= 0.6 is 0 Å². The average Bonchev–Trinajstić information content (AvgIpc) is 2.23. The molecule has 0 spiro atoms. The van der Waals surface area contributed by atoms with Crippen LogP contribution in [0.2, 0.25) is 0 Å². The lowest BCUT2D eigenvalue weighted by molar-refractivity contribution is 0.146. The summed E-state index contributed by atoms with van der Waals surface area (Å²) in [6.07, 6.45) is 4.15. The van der Waals surface area contributed by atoms with Crippen molar-refractivity contribution < 1.29 is 0 Å². The van der Waals surface area contributed by atoms with E-state index in [9.17, 15) is 0 Å². The highest BCUT2D eigenvalue weighted by atomic mass is 15.2. The molecule has 19 heavy (non-hydrogen) atoms. The molecule has 2 rings (SSSR count). The third kappa shape index (κ3) is 3.18. The van der Waals surface area contributed by atoms with Gasteiger partial charge in [0.05, 0.1) is 0 Å². The molecule has 0 bridgehead atoms. The lowest BCUT2D eigenvalue weighted by Crippen LogP contribution is -2.42. The van der Waals surface area contributed by atoms with E-state index in [0.29, 0.717) is 6.04 Å². The van der Waals surface area contributed by atoms with E-state index in [4.69, 9.17) is 0 Å². The van der Waals surface area contributed by atoms with Gasteiger partial charge in [-0.15, -0.1) is 0 Å². The Kier molecular flexibility index (Phi) is 4.64. The molecule has 2 heteroatoms. The van der Waals surface area contributed by atoms with Gasteiger partial charge in [-0.05, 0) is 64.4 Å². The van der Waals surface area contributed by atoms with Crippen LogP contribution in [0.3, 0.4) is 0 Å². The van der Waals surface area contributed by atoms with Crippen molar-refractivity contribution in [1.29, 1.82) is 0 Å². The molecule has 1 aliphatic rings. The third-order valence-corrected chi connectivity index (χ3v) is 4.60. The zero-order valence-corrected chi connectivity index (χ0v) is 13.1. The molecule has 1 saturated carbocycles. The minimum absolute atomic E-state index is 0.436. The zero-order chi connectivity index (χ0) is 14.0. The maximum atomic E-state index is 3.51. The van der Waals surface area contributed by atoms with Gasteiger partial charge in [-0.1, -0.05) is 24.1 Å².